The molecule has 13 heteroatoms. The summed E-state index contributed by atoms with van der Waals surface area (Å²) in [6.07, 6.45) is -5.76. The summed E-state index contributed by atoms with van der Waals surface area (Å²) in [7, 11) is -2.40. The van der Waals surface area contributed by atoms with Gasteiger partial charge in [-0.2, -0.15) is 26.3 Å². The molecule has 1 N–H and O–H groups in total. The average Bonchev–Trinajstić information content (AvgIpc) is 2.76. The van der Waals surface area contributed by atoms with Crippen LogP contribution in [0.5, 0.6) is 5.75 Å². The minimum absolute atomic E-state index is 0.0137. The van der Waals surface area contributed by atoms with Crippen LogP contribution in [0.3, 0.4) is 0 Å². The molecule has 0 atom stereocenters. The van der Waals surface area contributed by atoms with E-state index in [4.69, 9.17) is 4.74 Å². The number of hydrogen-bond acceptors (Lipinski definition) is 4. The van der Waals surface area contributed by atoms with Crippen molar-refractivity contribution in [1.29, 1.82) is 0 Å². The molecule has 0 heterocycles. The molecule has 0 saturated carbocycles. The highest BCUT2D eigenvalue weighted by Crippen LogP contribution is 2.37. The Labute approximate surface area is 205 Å². The molecule has 0 aliphatic heterocycles. The molecule has 0 aliphatic rings. The molecular formula is C23H26F6N2O4S. The fraction of sp³-hybridized carbons (Fsp3) is 0.435. The molecule has 6 nitrogen and oxygen atoms in total. The molecule has 0 fully saturated rings. The molecule has 2 rings (SSSR count). The molecule has 36 heavy (non-hydrogen) atoms. The van der Waals surface area contributed by atoms with Gasteiger partial charge in [0.15, 0.2) is 0 Å². The van der Waals surface area contributed by atoms with Crippen LogP contribution < -0.4 is 14.4 Å². The van der Waals surface area contributed by atoms with Gasteiger partial charge in [-0.3, -0.25) is 9.10 Å². The summed E-state index contributed by atoms with van der Waals surface area (Å²) in [4.78, 5) is 12.6. The average molecular weight is 541 g/mol. The van der Waals surface area contributed by atoms with Gasteiger partial charge in [-0.1, -0.05) is 26.2 Å². The summed E-state index contributed by atoms with van der Waals surface area (Å²) in [5.74, 6) is -1.15. The largest absolute Gasteiger partial charge is 0.491 e. The van der Waals surface area contributed by atoms with Crippen molar-refractivity contribution in [2.75, 3.05) is 29.5 Å². The van der Waals surface area contributed by atoms with Crippen LogP contribution in [0.4, 0.5) is 37.7 Å². The molecule has 0 saturated heterocycles. The third-order valence-corrected chi connectivity index (χ3v) is 6.35. The van der Waals surface area contributed by atoms with Crippen LogP contribution in [0.25, 0.3) is 0 Å². The lowest BCUT2D eigenvalue weighted by atomic mass is 10.0. The highest BCUT2D eigenvalue weighted by molar-refractivity contribution is 7.92. The van der Waals surface area contributed by atoms with Crippen LogP contribution in [0.1, 0.15) is 54.1 Å². The number of ether oxygens (including phenoxy) is 1. The number of nitrogens with one attached hydrogen (secondary N) is 1. The number of rotatable bonds is 10. The van der Waals surface area contributed by atoms with Crippen LogP contribution in [-0.2, 0) is 22.4 Å². The standard InChI is InChI=1S/C23H26F6N2O4S/c1-4-5-6-7-10-35-20-14-18(8-9-19(20)31(2)36(3,33)34)30-21(32)15-11-16(22(24,25)26)13-17(12-15)23(27,28)29/h8-9,11-14H,4-7,10H2,1-3H3,(H,30,32). The summed E-state index contributed by atoms with van der Waals surface area (Å²) in [5.41, 5.74) is -3.96. The Morgan fingerprint density at radius 2 is 1.53 bits per heavy atom. The molecule has 0 radical (unpaired) electrons. The van der Waals surface area contributed by atoms with Gasteiger partial charge in [0, 0.05) is 24.4 Å². The Balaban J connectivity index is 2.39. The topological polar surface area (TPSA) is 75.7 Å². The second kappa shape index (κ2) is 11.4. The molecular weight excluding hydrogens is 514 g/mol. The van der Waals surface area contributed by atoms with Gasteiger partial charge in [0.25, 0.3) is 5.91 Å². The van der Waals surface area contributed by atoms with Crippen molar-refractivity contribution in [3.05, 3.63) is 53.1 Å². The summed E-state index contributed by atoms with van der Waals surface area (Å²) in [6.45, 7) is 2.25. The van der Waals surface area contributed by atoms with Crippen molar-refractivity contribution in [3.8, 4) is 5.75 Å². The molecule has 0 unspecified atom stereocenters. The van der Waals surface area contributed by atoms with Crippen LogP contribution >= 0.6 is 0 Å². The normalized spacial score (nSPS) is 12.4. The number of alkyl halides is 6. The molecule has 0 bridgehead atoms. The number of benzene rings is 2. The minimum Gasteiger partial charge on any atom is -0.491 e. The maximum absolute atomic E-state index is 13.1. The number of carbonyl (C=O) groups excluding carboxylic acids is 1. The first kappa shape index (κ1) is 29.3. The smallest absolute Gasteiger partial charge is 0.416 e. The number of nitrogens with zero attached hydrogens (tertiary/aromatic N) is 1. The first-order valence-electron chi connectivity index (χ1n) is 10.9. The summed E-state index contributed by atoms with van der Waals surface area (Å²) in [6, 6.07) is 4.40. The number of sulfonamides is 1. The van der Waals surface area contributed by atoms with Gasteiger partial charge in [-0.05, 0) is 36.8 Å². The molecule has 2 aromatic rings. The predicted octanol–water partition coefficient (Wildman–Crippen LogP) is 6.33. The Bertz CT molecular complexity index is 1150. The maximum Gasteiger partial charge on any atom is 0.416 e. The highest BCUT2D eigenvalue weighted by atomic mass is 32.2. The fourth-order valence-corrected chi connectivity index (χ4v) is 3.65. The van der Waals surface area contributed by atoms with E-state index in [1.807, 2.05) is 6.92 Å². The Morgan fingerprint density at radius 3 is 2.03 bits per heavy atom. The lowest BCUT2D eigenvalue weighted by molar-refractivity contribution is -0.143. The molecule has 0 aromatic heterocycles. The summed E-state index contributed by atoms with van der Waals surface area (Å²) < 4.78 is 109. The van der Waals surface area contributed by atoms with Crippen LogP contribution in [0, 0.1) is 0 Å². The molecule has 2 aromatic carbocycles. The van der Waals surface area contributed by atoms with Gasteiger partial charge in [-0.15, -0.1) is 0 Å². The SMILES string of the molecule is CCCCCCOc1cc(NC(=O)c2cc(C(F)(F)F)cc(C(F)(F)F)c2)ccc1N(C)S(C)(=O)=O. The van der Waals surface area contributed by atoms with E-state index < -0.39 is 45.0 Å². The van der Waals surface area contributed by atoms with E-state index in [1.54, 1.807) is 0 Å². The van der Waals surface area contributed by atoms with Gasteiger partial charge in [-0.25, -0.2) is 8.42 Å². The van der Waals surface area contributed by atoms with E-state index in [9.17, 15) is 39.6 Å². The summed E-state index contributed by atoms with van der Waals surface area (Å²) in [5, 5.41) is 2.25. The summed E-state index contributed by atoms with van der Waals surface area (Å²) >= 11 is 0. The highest BCUT2D eigenvalue weighted by Gasteiger charge is 2.37. The number of amides is 1. The zero-order chi connectivity index (χ0) is 27.3. The van der Waals surface area contributed by atoms with Crippen molar-refractivity contribution < 1.29 is 44.3 Å². The number of unbranched alkanes of at least 4 members (excludes halogenated alkanes) is 3. The number of carbonyl (C=O) groups is 1. The molecule has 0 spiro atoms. The quantitative estimate of drug-likeness (QED) is 0.282. The second-order valence-corrected chi connectivity index (χ2v) is 10.1. The van der Waals surface area contributed by atoms with Crippen LogP contribution in [0.2, 0.25) is 0 Å². The zero-order valence-corrected chi connectivity index (χ0v) is 20.6. The predicted molar refractivity (Wildman–Crippen MR) is 124 cm³/mol. The first-order valence-corrected chi connectivity index (χ1v) is 12.7. The van der Waals surface area contributed by atoms with E-state index >= 15 is 0 Å². The molecule has 0 aliphatic carbocycles. The number of anilines is 2. The second-order valence-electron chi connectivity index (χ2n) is 8.07. The van der Waals surface area contributed by atoms with Crippen molar-refractivity contribution in [1.82, 2.24) is 0 Å². The van der Waals surface area contributed by atoms with Gasteiger partial charge in [0.2, 0.25) is 10.0 Å². The van der Waals surface area contributed by atoms with E-state index in [-0.39, 0.29) is 29.8 Å². The first-order chi connectivity index (χ1) is 16.5. The molecule has 1 amide bonds. The third-order valence-electron chi connectivity index (χ3n) is 5.16. The van der Waals surface area contributed by atoms with E-state index in [0.29, 0.717) is 18.6 Å². The van der Waals surface area contributed by atoms with E-state index in [0.717, 1.165) is 29.8 Å². The van der Waals surface area contributed by atoms with E-state index in [2.05, 4.69) is 5.32 Å². The Morgan fingerprint density at radius 1 is 0.944 bits per heavy atom. The maximum atomic E-state index is 13.1. The van der Waals surface area contributed by atoms with Crippen LogP contribution in [0.15, 0.2) is 36.4 Å². The van der Waals surface area contributed by atoms with E-state index in [1.165, 1.54) is 25.2 Å². The van der Waals surface area contributed by atoms with Crippen molar-refractivity contribution in [3.63, 3.8) is 0 Å². The van der Waals surface area contributed by atoms with Crippen molar-refractivity contribution in [2.45, 2.75) is 45.0 Å². The Kier molecular flexibility index (Phi) is 9.27. The van der Waals surface area contributed by atoms with Crippen LogP contribution in [-0.4, -0.2) is 34.2 Å². The monoisotopic (exact) mass is 540 g/mol. The third kappa shape index (κ3) is 8.04. The van der Waals surface area contributed by atoms with Crippen molar-refractivity contribution >= 4 is 27.3 Å². The number of halogens is 6. The number of hydrogen-bond donors (Lipinski definition) is 1. The molecule has 200 valence electrons. The van der Waals surface area contributed by atoms with Gasteiger partial charge in [0.1, 0.15) is 5.75 Å². The lowest BCUT2D eigenvalue weighted by Gasteiger charge is -2.21. The lowest BCUT2D eigenvalue weighted by Crippen LogP contribution is -2.25. The fourth-order valence-electron chi connectivity index (χ4n) is 3.15. The zero-order valence-electron chi connectivity index (χ0n) is 19.8. The van der Waals surface area contributed by atoms with Gasteiger partial charge < -0.3 is 10.1 Å². The Hall–Kier alpha value is -2.96. The minimum atomic E-state index is -5.10. The van der Waals surface area contributed by atoms with Gasteiger partial charge >= 0.3 is 12.4 Å². The van der Waals surface area contributed by atoms with Crippen molar-refractivity contribution in [2.24, 2.45) is 0 Å². The van der Waals surface area contributed by atoms with Gasteiger partial charge in [0.05, 0.1) is 29.7 Å².